The van der Waals surface area contributed by atoms with Crippen molar-refractivity contribution in [3.05, 3.63) is 53.7 Å². The second kappa shape index (κ2) is 8.18. The molecule has 0 aliphatic carbocycles. The van der Waals surface area contributed by atoms with Crippen molar-refractivity contribution in [2.24, 2.45) is 5.41 Å². The quantitative estimate of drug-likeness (QED) is 0.576. The first-order valence-electron chi connectivity index (χ1n) is 9.31. The van der Waals surface area contributed by atoms with Crippen LogP contribution in [0.25, 0.3) is 22.5 Å². The van der Waals surface area contributed by atoms with Gasteiger partial charge in [0.1, 0.15) is 17.6 Å². The van der Waals surface area contributed by atoms with Gasteiger partial charge in [-0.25, -0.2) is 14.5 Å². The van der Waals surface area contributed by atoms with Crippen molar-refractivity contribution in [1.29, 1.82) is 10.7 Å². The van der Waals surface area contributed by atoms with E-state index in [9.17, 15) is 18.4 Å². The van der Waals surface area contributed by atoms with Gasteiger partial charge in [0.05, 0.1) is 11.1 Å². The maximum Gasteiger partial charge on any atom is 0.395 e. The van der Waals surface area contributed by atoms with Crippen molar-refractivity contribution < 1.29 is 13.2 Å². The predicted octanol–water partition coefficient (Wildman–Crippen LogP) is 4.14. The minimum absolute atomic E-state index is 0.173. The highest BCUT2D eigenvalue weighted by atomic mass is 19.4. The second-order valence-corrected chi connectivity index (χ2v) is 7.59. The van der Waals surface area contributed by atoms with Gasteiger partial charge in [-0.2, -0.15) is 23.5 Å². The maximum absolute atomic E-state index is 13.1. The fraction of sp³-hybridized carbons (Fsp3) is 0.286. The van der Waals surface area contributed by atoms with Gasteiger partial charge in [0.2, 0.25) is 0 Å². The molecule has 0 spiro atoms. The Morgan fingerprint density at radius 1 is 1.26 bits per heavy atom. The van der Waals surface area contributed by atoms with Crippen LogP contribution in [0.1, 0.15) is 30.9 Å². The number of hydrogen-bond acceptors (Lipinski definition) is 6. The van der Waals surface area contributed by atoms with E-state index in [2.05, 4.69) is 20.4 Å². The Morgan fingerprint density at radius 3 is 2.65 bits per heavy atom. The predicted molar refractivity (Wildman–Crippen MR) is 110 cm³/mol. The Kier molecular flexibility index (Phi) is 5.79. The zero-order valence-electron chi connectivity index (χ0n) is 17.1. The number of halogens is 3. The third kappa shape index (κ3) is 4.55. The molecule has 0 aliphatic heterocycles. The zero-order chi connectivity index (χ0) is 22.8. The lowest BCUT2D eigenvalue weighted by atomic mass is 9.93. The SMILES string of the molecule is Cc1nc2cc(-c3nc(C#N)ccc3/C(C=N)=C/NCC(C)(C)C(F)(F)F)ccn2n1. The molecule has 0 amide bonds. The van der Waals surface area contributed by atoms with Crippen LogP contribution in [0.2, 0.25) is 0 Å². The Balaban J connectivity index is 2.03. The van der Waals surface area contributed by atoms with E-state index in [1.54, 1.807) is 35.8 Å². The van der Waals surface area contributed by atoms with Crippen molar-refractivity contribution in [1.82, 2.24) is 24.9 Å². The summed E-state index contributed by atoms with van der Waals surface area (Å²) in [5.74, 6) is 0.590. The highest BCUT2D eigenvalue weighted by Gasteiger charge is 2.46. The van der Waals surface area contributed by atoms with Crippen LogP contribution in [0.15, 0.2) is 36.7 Å². The van der Waals surface area contributed by atoms with E-state index in [0.717, 1.165) is 20.1 Å². The molecule has 0 radical (unpaired) electrons. The third-order valence-electron chi connectivity index (χ3n) is 4.76. The molecule has 0 aromatic carbocycles. The number of hydrogen-bond donors (Lipinski definition) is 2. The number of fused-ring (bicyclic) bond motifs is 1. The second-order valence-electron chi connectivity index (χ2n) is 7.59. The fourth-order valence-electron chi connectivity index (χ4n) is 2.83. The van der Waals surface area contributed by atoms with E-state index in [1.807, 2.05) is 6.07 Å². The largest absolute Gasteiger partial charge is 0.395 e. The fourth-order valence-corrected chi connectivity index (χ4v) is 2.83. The Labute approximate surface area is 176 Å². The minimum atomic E-state index is -4.37. The molecule has 0 unspecified atom stereocenters. The van der Waals surface area contributed by atoms with Crippen LogP contribution in [0.3, 0.4) is 0 Å². The molecule has 0 bridgehead atoms. The molecule has 31 heavy (non-hydrogen) atoms. The van der Waals surface area contributed by atoms with Gasteiger partial charge in [0, 0.05) is 41.9 Å². The van der Waals surface area contributed by atoms with Gasteiger partial charge in [-0.1, -0.05) is 0 Å². The Morgan fingerprint density at radius 2 is 2.00 bits per heavy atom. The lowest BCUT2D eigenvalue weighted by Crippen LogP contribution is -2.40. The number of nitrogens with zero attached hydrogens (tertiary/aromatic N) is 5. The highest BCUT2D eigenvalue weighted by Crippen LogP contribution is 2.36. The number of pyridine rings is 2. The number of aryl methyl sites for hydroxylation is 1. The lowest BCUT2D eigenvalue weighted by Gasteiger charge is -2.27. The zero-order valence-corrected chi connectivity index (χ0v) is 17.1. The van der Waals surface area contributed by atoms with Gasteiger partial charge in [-0.3, -0.25) is 0 Å². The third-order valence-corrected chi connectivity index (χ3v) is 4.76. The standard InChI is InChI=1S/C21H20F3N7/c1-13-28-18-8-14(6-7-31(18)30-13)19-17(5-4-16(10-26)29-19)15(9-25)11-27-12-20(2,3)21(22,23)24/h4-9,11,25,27H,12H2,1-3H3/b15-11+,25-9?. The maximum atomic E-state index is 13.1. The minimum Gasteiger partial charge on any atom is -0.389 e. The van der Waals surface area contributed by atoms with E-state index in [1.165, 1.54) is 12.3 Å². The summed E-state index contributed by atoms with van der Waals surface area (Å²) in [4.78, 5) is 8.69. The highest BCUT2D eigenvalue weighted by molar-refractivity contribution is 6.10. The molecule has 3 rings (SSSR count). The summed E-state index contributed by atoms with van der Waals surface area (Å²) < 4.78 is 40.9. The van der Waals surface area contributed by atoms with E-state index < -0.39 is 11.6 Å². The summed E-state index contributed by atoms with van der Waals surface area (Å²) in [5.41, 5.74) is 0.666. The number of rotatable bonds is 6. The van der Waals surface area contributed by atoms with Crippen LogP contribution in [-0.4, -0.2) is 38.5 Å². The van der Waals surface area contributed by atoms with Crippen molar-refractivity contribution in [3.63, 3.8) is 0 Å². The molecule has 3 heterocycles. The van der Waals surface area contributed by atoms with E-state index >= 15 is 0 Å². The Hall–Kier alpha value is -3.74. The van der Waals surface area contributed by atoms with E-state index in [-0.39, 0.29) is 12.2 Å². The lowest BCUT2D eigenvalue weighted by molar-refractivity contribution is -0.208. The monoisotopic (exact) mass is 427 g/mol. The molecule has 3 aromatic heterocycles. The summed E-state index contributed by atoms with van der Waals surface area (Å²) in [6, 6.07) is 8.59. The van der Waals surface area contributed by atoms with Crippen molar-refractivity contribution >= 4 is 17.4 Å². The average molecular weight is 427 g/mol. The molecule has 7 nitrogen and oxygen atoms in total. The van der Waals surface area contributed by atoms with Gasteiger partial charge < -0.3 is 10.7 Å². The van der Waals surface area contributed by atoms with Crippen molar-refractivity contribution in [3.8, 4) is 17.3 Å². The number of nitriles is 1. The summed E-state index contributed by atoms with van der Waals surface area (Å²) in [5, 5.41) is 23.9. The first-order valence-corrected chi connectivity index (χ1v) is 9.31. The summed E-state index contributed by atoms with van der Waals surface area (Å²) >= 11 is 0. The van der Waals surface area contributed by atoms with E-state index in [4.69, 9.17) is 5.41 Å². The summed E-state index contributed by atoms with van der Waals surface area (Å²) in [6.07, 6.45) is -0.286. The molecule has 10 heteroatoms. The molecule has 0 fully saturated rings. The van der Waals surface area contributed by atoms with Crippen LogP contribution in [-0.2, 0) is 0 Å². The van der Waals surface area contributed by atoms with Crippen molar-refractivity contribution in [2.45, 2.75) is 26.9 Å². The van der Waals surface area contributed by atoms with Crippen LogP contribution in [0.5, 0.6) is 0 Å². The van der Waals surface area contributed by atoms with Gasteiger partial charge in [0.25, 0.3) is 0 Å². The van der Waals surface area contributed by atoms with Gasteiger partial charge in [-0.15, -0.1) is 0 Å². The van der Waals surface area contributed by atoms with Crippen molar-refractivity contribution in [2.75, 3.05) is 6.54 Å². The number of allylic oxidation sites excluding steroid dienone is 1. The van der Waals surface area contributed by atoms with E-state index in [0.29, 0.717) is 33.9 Å². The summed E-state index contributed by atoms with van der Waals surface area (Å²) in [7, 11) is 0. The first kappa shape index (κ1) is 22.0. The number of nitrogens with one attached hydrogen (secondary N) is 2. The molecule has 160 valence electrons. The first-order chi connectivity index (χ1) is 14.6. The van der Waals surface area contributed by atoms with Crippen LogP contribution in [0, 0.1) is 29.1 Å². The molecule has 2 N–H and O–H groups in total. The van der Waals surface area contributed by atoms with Crippen LogP contribution >= 0.6 is 0 Å². The molecule has 0 atom stereocenters. The normalized spacial score (nSPS) is 12.6. The molecule has 3 aromatic rings. The molecular formula is C21H20F3N7. The smallest absolute Gasteiger partial charge is 0.389 e. The van der Waals surface area contributed by atoms with Crippen LogP contribution < -0.4 is 5.32 Å². The number of aromatic nitrogens is 4. The molecular weight excluding hydrogens is 407 g/mol. The number of alkyl halides is 3. The summed E-state index contributed by atoms with van der Waals surface area (Å²) in [6.45, 7) is 3.60. The molecule has 0 aliphatic rings. The van der Waals surface area contributed by atoms with Crippen LogP contribution in [0.4, 0.5) is 13.2 Å². The molecule has 0 saturated carbocycles. The van der Waals surface area contributed by atoms with Gasteiger partial charge in [0.15, 0.2) is 5.65 Å². The topological polar surface area (TPSA) is 103 Å². The average Bonchev–Trinajstić information content (AvgIpc) is 3.09. The Bertz CT molecular complexity index is 1200. The molecule has 0 saturated heterocycles. The van der Waals surface area contributed by atoms with Gasteiger partial charge >= 0.3 is 6.18 Å². The van der Waals surface area contributed by atoms with Gasteiger partial charge in [-0.05, 0) is 45.0 Å².